The summed E-state index contributed by atoms with van der Waals surface area (Å²) in [7, 11) is 0. The Kier molecular flexibility index (Phi) is 12.2. The second-order valence-electron chi connectivity index (χ2n) is 14.4. The number of unbranched alkanes of at least 4 members (excludes halogenated alkanes) is 2. The van der Waals surface area contributed by atoms with Crippen LogP contribution >= 0.6 is 0 Å². The summed E-state index contributed by atoms with van der Waals surface area (Å²) in [4.78, 5) is 31.0. The fourth-order valence-electron chi connectivity index (χ4n) is 7.87. The Morgan fingerprint density at radius 3 is 2.40 bits per heavy atom. The van der Waals surface area contributed by atoms with E-state index < -0.39 is 46.7 Å². The maximum absolute atomic E-state index is 12.8. The topological polar surface area (TPSA) is 195 Å². The van der Waals surface area contributed by atoms with Crippen LogP contribution in [-0.4, -0.2) is 90.9 Å². The lowest BCUT2D eigenvalue weighted by Gasteiger charge is -2.58. The van der Waals surface area contributed by atoms with Crippen LogP contribution in [0.1, 0.15) is 104 Å². The van der Waals surface area contributed by atoms with E-state index in [0.29, 0.717) is 30.1 Å². The summed E-state index contributed by atoms with van der Waals surface area (Å²) in [6.07, 6.45) is 9.67. The van der Waals surface area contributed by atoms with Crippen LogP contribution in [0.5, 0.6) is 11.5 Å². The number of hydrogen-bond acceptors (Lipinski definition) is 11. The number of carbonyl (C=O) groups is 2. The number of nitrogens with zero attached hydrogens (tertiary/aromatic N) is 4. The van der Waals surface area contributed by atoms with Crippen molar-refractivity contribution in [2.45, 2.75) is 89.1 Å². The van der Waals surface area contributed by atoms with Crippen LogP contribution in [0.2, 0.25) is 0 Å². The Labute approximate surface area is 303 Å². The second kappa shape index (κ2) is 16.4. The largest absolute Gasteiger partial charge is 0.490 e. The molecule has 0 radical (unpaired) electrons. The van der Waals surface area contributed by atoms with Gasteiger partial charge in [-0.25, -0.2) is 14.3 Å². The Morgan fingerprint density at radius 2 is 1.77 bits per heavy atom. The number of aromatic nitrogens is 3. The van der Waals surface area contributed by atoms with Crippen molar-refractivity contribution in [3.8, 4) is 11.5 Å². The third-order valence-electron chi connectivity index (χ3n) is 9.84. The van der Waals surface area contributed by atoms with Crippen molar-refractivity contribution in [2.75, 3.05) is 26.4 Å². The third kappa shape index (κ3) is 7.79. The van der Waals surface area contributed by atoms with Crippen LogP contribution in [0.3, 0.4) is 0 Å². The average Bonchev–Trinajstić information content (AvgIpc) is 3.56. The summed E-state index contributed by atoms with van der Waals surface area (Å²) >= 11 is 0. The molecule has 1 saturated carbocycles. The third-order valence-corrected chi connectivity index (χ3v) is 9.84. The molecular weight excluding hydrogens is 672 g/mol. The van der Waals surface area contributed by atoms with Crippen molar-refractivity contribution in [3.63, 3.8) is 0 Å². The van der Waals surface area contributed by atoms with Gasteiger partial charge in [0.2, 0.25) is 11.5 Å². The molecule has 14 nitrogen and oxygen atoms in total. The number of hydrogen-bond donors (Lipinski definition) is 4. The number of carboxylic acid groups (broad SMARTS) is 2. The predicted octanol–water partition coefficient (Wildman–Crippen LogP) is 5.54. The van der Waals surface area contributed by atoms with Gasteiger partial charge >= 0.3 is 11.9 Å². The van der Waals surface area contributed by atoms with E-state index in [4.69, 9.17) is 24.2 Å². The minimum atomic E-state index is -1.65. The van der Waals surface area contributed by atoms with E-state index in [2.05, 4.69) is 29.5 Å². The molecule has 282 valence electrons. The number of fused-ring (bicyclic) bond motifs is 2. The number of ether oxygens (including phenoxy) is 3. The zero-order chi connectivity index (χ0) is 37.6. The van der Waals surface area contributed by atoms with Gasteiger partial charge in [0.05, 0.1) is 18.2 Å². The monoisotopic (exact) mass is 722 g/mol. The summed E-state index contributed by atoms with van der Waals surface area (Å²) < 4.78 is 20.9. The Bertz CT molecular complexity index is 1690. The summed E-state index contributed by atoms with van der Waals surface area (Å²) in [5.74, 6) is -4.60. The Balaban J connectivity index is 1.85. The molecule has 0 spiro atoms. The van der Waals surface area contributed by atoms with E-state index in [9.17, 15) is 30.0 Å². The zero-order valence-electron chi connectivity index (χ0n) is 30.1. The first-order valence-corrected chi connectivity index (χ1v) is 17.8. The Hall–Kier alpha value is -4.53. The van der Waals surface area contributed by atoms with Crippen LogP contribution in [0.25, 0.3) is 0 Å². The molecule has 1 aromatic carbocycles. The number of carboxylic acids is 2. The molecular formula is C38H50N4O10. The van der Waals surface area contributed by atoms with Crippen molar-refractivity contribution in [2.24, 2.45) is 22.9 Å². The van der Waals surface area contributed by atoms with E-state index in [-0.39, 0.29) is 50.6 Å². The van der Waals surface area contributed by atoms with Gasteiger partial charge in [-0.05, 0) is 82.1 Å². The highest BCUT2D eigenvalue weighted by Crippen LogP contribution is 2.63. The molecule has 0 bridgehead atoms. The first-order chi connectivity index (χ1) is 24.9. The van der Waals surface area contributed by atoms with Crippen molar-refractivity contribution in [1.29, 1.82) is 0 Å². The van der Waals surface area contributed by atoms with E-state index in [1.165, 1.54) is 0 Å². The van der Waals surface area contributed by atoms with Gasteiger partial charge in [0, 0.05) is 31.1 Å². The van der Waals surface area contributed by atoms with Crippen LogP contribution in [-0.2, 0) is 9.57 Å². The average molecular weight is 723 g/mol. The molecule has 0 saturated heterocycles. The van der Waals surface area contributed by atoms with E-state index >= 15 is 0 Å². The van der Waals surface area contributed by atoms with Crippen LogP contribution in [0.15, 0.2) is 60.3 Å². The van der Waals surface area contributed by atoms with E-state index in [1.54, 1.807) is 24.3 Å². The fraction of sp³-hybridized carbons (Fsp3) is 0.553. The number of benzene rings is 1. The minimum Gasteiger partial charge on any atom is -0.490 e. The fourth-order valence-corrected chi connectivity index (χ4v) is 7.87. The first kappa shape index (κ1) is 38.7. The lowest BCUT2D eigenvalue weighted by Crippen LogP contribution is -2.63. The molecule has 5 rings (SSSR count). The van der Waals surface area contributed by atoms with Gasteiger partial charge in [0.15, 0.2) is 5.69 Å². The molecule has 0 unspecified atom stereocenters. The molecule has 2 aromatic rings. The van der Waals surface area contributed by atoms with E-state index in [0.717, 1.165) is 41.5 Å². The molecule has 1 fully saturated rings. The van der Waals surface area contributed by atoms with Gasteiger partial charge in [0.25, 0.3) is 0 Å². The number of oxime groups is 1. The first-order valence-electron chi connectivity index (χ1n) is 17.8. The molecule has 6 atom stereocenters. The van der Waals surface area contributed by atoms with Crippen molar-refractivity contribution >= 4 is 17.7 Å². The maximum atomic E-state index is 12.8. The summed E-state index contributed by atoms with van der Waals surface area (Å²) in [6, 6.07) is 4.46. The normalized spacial score (nSPS) is 25.7. The molecule has 0 amide bonds. The summed E-state index contributed by atoms with van der Waals surface area (Å²) in [6.45, 7) is 13.7. The summed E-state index contributed by atoms with van der Waals surface area (Å²) in [5.41, 5.74) is 0.156. The number of aliphatic hydroxyl groups excluding tert-OH is 2. The van der Waals surface area contributed by atoms with E-state index in [1.807, 2.05) is 26.8 Å². The highest BCUT2D eigenvalue weighted by molar-refractivity contribution is 6.03. The van der Waals surface area contributed by atoms with Crippen LogP contribution in [0, 0.1) is 17.8 Å². The van der Waals surface area contributed by atoms with Crippen molar-refractivity contribution in [3.05, 3.63) is 72.1 Å². The highest BCUT2D eigenvalue weighted by atomic mass is 16.7. The second-order valence-corrected chi connectivity index (χ2v) is 14.4. The minimum absolute atomic E-state index is 0.000618. The lowest BCUT2D eigenvalue weighted by molar-refractivity contribution is -0.252. The Morgan fingerprint density at radius 1 is 1.06 bits per heavy atom. The van der Waals surface area contributed by atoms with Gasteiger partial charge in [-0.3, -0.25) is 0 Å². The van der Waals surface area contributed by atoms with Crippen molar-refractivity contribution in [1.82, 2.24) is 15.0 Å². The molecule has 52 heavy (non-hydrogen) atoms. The number of rotatable bonds is 18. The molecule has 3 aliphatic rings. The molecule has 14 heteroatoms. The number of aliphatic hydroxyl groups is 2. The van der Waals surface area contributed by atoms with Gasteiger partial charge in [-0.2, -0.15) is 0 Å². The van der Waals surface area contributed by atoms with Gasteiger partial charge in [0.1, 0.15) is 29.7 Å². The predicted molar refractivity (Wildman–Crippen MR) is 191 cm³/mol. The molecule has 4 N–H and O–H groups in total. The van der Waals surface area contributed by atoms with Gasteiger partial charge in [-0.15, -0.1) is 11.7 Å². The molecule has 1 aromatic heterocycles. The quantitative estimate of drug-likeness (QED) is 0.0853. The maximum Gasteiger partial charge on any atom is 0.359 e. The van der Waals surface area contributed by atoms with Crippen molar-refractivity contribution < 1.29 is 49.1 Å². The number of aromatic carboxylic acids is 2. The van der Waals surface area contributed by atoms with Crippen LogP contribution < -0.4 is 9.47 Å². The number of allylic oxidation sites excluding steroid dienone is 1. The lowest BCUT2D eigenvalue weighted by atomic mass is 9.55. The highest BCUT2D eigenvalue weighted by Gasteiger charge is 2.65. The van der Waals surface area contributed by atoms with Gasteiger partial charge in [-0.1, -0.05) is 48.0 Å². The smallest absolute Gasteiger partial charge is 0.359 e. The molecule has 2 aliphatic carbocycles. The molecule has 2 heterocycles. The van der Waals surface area contributed by atoms with Crippen LogP contribution in [0.4, 0.5) is 0 Å². The standard InChI is InChI=1S/C38H50N4O10/c1-6-18-49-24-14-15-29-27(21-24)31-25(13-9-11-17-44)23(12-8-10-16-43)20-26-28(40-52-37(3,4)5)22-30(38(51-29,32(26)31)50-19-7-2)42-34(36(47)48)33(35(45)46)39-41-42/h6-7,14-15,20-21,23,25,30-32,43-44H,1-2,8-13,16-19,22H2,3-5H3,(H,45,46)(H,47,48)/t23-,25+,30-,31+,32+,38+/m0/s1. The molecule has 1 aliphatic heterocycles. The SMILES string of the molecule is C=CCOc1ccc2c(c1)[C@H]1[C@H](CCCCO)[C@@H](CCCCO)C=C3C(=NOC(C)(C)C)C[C@H](n4nnc(C(=O)O)c4C(=O)O)[C@@](OCC=C)(O2)[C@H]31. The van der Waals surface area contributed by atoms with Gasteiger partial charge < -0.3 is 39.5 Å². The summed E-state index contributed by atoms with van der Waals surface area (Å²) in [5, 5.41) is 52.4. The zero-order valence-corrected chi connectivity index (χ0v) is 30.1.